The average Bonchev–Trinajstić information content (AvgIpc) is 3.16. The molecular formula is C16H21N3O. The zero-order chi connectivity index (χ0) is 13.8. The first kappa shape index (κ1) is 13.3. The van der Waals surface area contributed by atoms with Gasteiger partial charge in [0.25, 0.3) is 0 Å². The molecule has 0 aliphatic carbocycles. The topological polar surface area (TPSA) is 53.1 Å². The van der Waals surface area contributed by atoms with Gasteiger partial charge in [-0.2, -0.15) is 0 Å². The minimum Gasteiger partial charge on any atom is -0.381 e. The third kappa shape index (κ3) is 2.92. The van der Waals surface area contributed by atoms with E-state index < -0.39 is 0 Å². The highest BCUT2D eigenvalue weighted by Gasteiger charge is 2.17. The second kappa shape index (κ2) is 6.20. The van der Waals surface area contributed by atoms with E-state index in [2.05, 4.69) is 21.7 Å². The molecule has 0 saturated carbocycles. The first-order chi connectivity index (χ1) is 9.84. The van der Waals surface area contributed by atoms with Crippen LogP contribution in [0.25, 0.3) is 0 Å². The first-order valence-electron chi connectivity index (χ1n) is 7.23. The van der Waals surface area contributed by atoms with Crippen molar-refractivity contribution in [2.45, 2.75) is 25.4 Å². The van der Waals surface area contributed by atoms with E-state index in [9.17, 15) is 0 Å². The molecule has 3 rings (SSSR count). The van der Waals surface area contributed by atoms with Crippen molar-refractivity contribution in [3.8, 4) is 0 Å². The molecule has 1 aliphatic heterocycles. The number of rotatable bonds is 5. The Morgan fingerprint density at radius 2 is 2.20 bits per heavy atom. The maximum atomic E-state index is 6.36. The highest BCUT2D eigenvalue weighted by Crippen LogP contribution is 2.21. The summed E-state index contributed by atoms with van der Waals surface area (Å²) in [6.45, 7) is 2.77. The third-order valence-electron chi connectivity index (χ3n) is 4.02. The zero-order valence-electron chi connectivity index (χ0n) is 11.6. The lowest BCUT2D eigenvalue weighted by Crippen LogP contribution is -2.17. The Morgan fingerprint density at radius 3 is 2.95 bits per heavy atom. The van der Waals surface area contributed by atoms with Crippen LogP contribution in [0.2, 0.25) is 0 Å². The van der Waals surface area contributed by atoms with E-state index in [1.165, 1.54) is 6.42 Å². The van der Waals surface area contributed by atoms with Crippen LogP contribution in [0, 0.1) is 5.92 Å². The molecule has 0 radical (unpaired) electrons. The summed E-state index contributed by atoms with van der Waals surface area (Å²) in [6, 6.07) is 10.1. The molecule has 1 fully saturated rings. The normalized spacial score (nSPS) is 20.1. The summed E-state index contributed by atoms with van der Waals surface area (Å²) < 4.78 is 7.60. The van der Waals surface area contributed by atoms with Gasteiger partial charge in [-0.1, -0.05) is 30.3 Å². The van der Waals surface area contributed by atoms with Crippen LogP contribution in [0.15, 0.2) is 42.9 Å². The predicted octanol–water partition coefficient (Wildman–Crippen LogP) is 2.36. The van der Waals surface area contributed by atoms with Gasteiger partial charge in [-0.15, -0.1) is 0 Å². The first-order valence-corrected chi connectivity index (χ1v) is 7.23. The van der Waals surface area contributed by atoms with Crippen LogP contribution >= 0.6 is 0 Å². The standard InChI is InChI=1S/C16H21N3O/c17-16(14-4-2-1-3-5-14)15-10-18-12-19(15)8-6-13-7-9-20-11-13/h1-5,10,12-13,16H,6-9,11,17H2. The molecule has 1 aromatic carbocycles. The summed E-state index contributed by atoms with van der Waals surface area (Å²) in [6.07, 6.45) is 6.07. The van der Waals surface area contributed by atoms with Gasteiger partial charge in [-0.25, -0.2) is 4.98 Å². The molecule has 2 aromatic rings. The largest absolute Gasteiger partial charge is 0.381 e. The van der Waals surface area contributed by atoms with Crippen molar-refractivity contribution in [3.63, 3.8) is 0 Å². The molecule has 0 bridgehead atoms. The lowest BCUT2D eigenvalue weighted by Gasteiger charge is -2.16. The second-order valence-electron chi connectivity index (χ2n) is 5.42. The molecule has 2 unspecified atom stereocenters. The number of nitrogens with zero attached hydrogens (tertiary/aromatic N) is 2. The molecular weight excluding hydrogens is 250 g/mol. The van der Waals surface area contributed by atoms with Gasteiger partial charge in [0.05, 0.1) is 24.3 Å². The van der Waals surface area contributed by atoms with E-state index in [4.69, 9.17) is 10.5 Å². The fourth-order valence-corrected chi connectivity index (χ4v) is 2.74. The molecule has 106 valence electrons. The van der Waals surface area contributed by atoms with Gasteiger partial charge in [-0.05, 0) is 24.3 Å². The van der Waals surface area contributed by atoms with Crippen LogP contribution in [0.3, 0.4) is 0 Å². The van der Waals surface area contributed by atoms with Crippen molar-refractivity contribution in [1.29, 1.82) is 0 Å². The molecule has 1 aromatic heterocycles. The van der Waals surface area contributed by atoms with E-state index >= 15 is 0 Å². The summed E-state index contributed by atoms with van der Waals surface area (Å²) in [4.78, 5) is 4.27. The molecule has 4 heteroatoms. The van der Waals surface area contributed by atoms with E-state index in [0.29, 0.717) is 5.92 Å². The number of ether oxygens (including phenoxy) is 1. The SMILES string of the molecule is NC(c1ccccc1)c1cncn1CCC1CCOC1. The molecule has 0 spiro atoms. The Balaban J connectivity index is 1.69. The molecule has 1 aliphatic rings. The van der Waals surface area contributed by atoms with Crippen molar-refractivity contribution in [2.24, 2.45) is 11.7 Å². The maximum absolute atomic E-state index is 6.36. The van der Waals surface area contributed by atoms with Crippen molar-refractivity contribution in [2.75, 3.05) is 13.2 Å². The Morgan fingerprint density at radius 1 is 1.35 bits per heavy atom. The van der Waals surface area contributed by atoms with Crippen LogP contribution in [0.1, 0.15) is 30.1 Å². The van der Waals surface area contributed by atoms with Gasteiger partial charge in [0.15, 0.2) is 0 Å². The maximum Gasteiger partial charge on any atom is 0.0948 e. The van der Waals surface area contributed by atoms with Crippen molar-refractivity contribution in [3.05, 3.63) is 54.1 Å². The zero-order valence-corrected chi connectivity index (χ0v) is 11.6. The fourth-order valence-electron chi connectivity index (χ4n) is 2.74. The summed E-state index contributed by atoms with van der Waals surface area (Å²) >= 11 is 0. The highest BCUT2D eigenvalue weighted by molar-refractivity contribution is 5.26. The molecule has 2 N–H and O–H groups in total. The van der Waals surface area contributed by atoms with Crippen LogP contribution in [0.4, 0.5) is 0 Å². The summed E-state index contributed by atoms with van der Waals surface area (Å²) in [5, 5.41) is 0. The minimum absolute atomic E-state index is 0.112. The number of aromatic nitrogens is 2. The van der Waals surface area contributed by atoms with E-state index in [-0.39, 0.29) is 6.04 Å². The Hall–Kier alpha value is -1.65. The highest BCUT2D eigenvalue weighted by atomic mass is 16.5. The van der Waals surface area contributed by atoms with Gasteiger partial charge in [0.1, 0.15) is 0 Å². The summed E-state index contributed by atoms with van der Waals surface area (Å²) in [5.74, 6) is 0.679. The minimum atomic E-state index is -0.112. The molecule has 0 amide bonds. The molecule has 1 saturated heterocycles. The smallest absolute Gasteiger partial charge is 0.0948 e. The van der Waals surface area contributed by atoms with Crippen LogP contribution in [-0.2, 0) is 11.3 Å². The van der Waals surface area contributed by atoms with E-state index in [1.807, 2.05) is 30.7 Å². The van der Waals surface area contributed by atoms with Gasteiger partial charge < -0.3 is 15.0 Å². The second-order valence-corrected chi connectivity index (χ2v) is 5.42. The number of imidazole rings is 1. The Bertz CT molecular complexity index is 532. The molecule has 2 atom stereocenters. The van der Waals surface area contributed by atoms with Crippen LogP contribution < -0.4 is 5.73 Å². The number of hydrogen-bond acceptors (Lipinski definition) is 3. The third-order valence-corrected chi connectivity index (χ3v) is 4.02. The quantitative estimate of drug-likeness (QED) is 0.908. The number of nitrogens with two attached hydrogens (primary N) is 1. The molecule has 2 heterocycles. The number of hydrogen-bond donors (Lipinski definition) is 1. The van der Waals surface area contributed by atoms with Crippen molar-refractivity contribution in [1.82, 2.24) is 9.55 Å². The number of benzene rings is 1. The van der Waals surface area contributed by atoms with Crippen molar-refractivity contribution < 1.29 is 4.74 Å². The fraction of sp³-hybridized carbons (Fsp3) is 0.438. The predicted molar refractivity (Wildman–Crippen MR) is 78.2 cm³/mol. The number of aryl methyl sites for hydroxylation is 1. The monoisotopic (exact) mass is 271 g/mol. The Labute approximate surface area is 119 Å². The van der Waals surface area contributed by atoms with Crippen LogP contribution in [-0.4, -0.2) is 22.8 Å². The lowest BCUT2D eigenvalue weighted by molar-refractivity contribution is 0.183. The molecule has 4 nitrogen and oxygen atoms in total. The average molecular weight is 271 g/mol. The summed E-state index contributed by atoms with van der Waals surface area (Å²) in [5.41, 5.74) is 8.56. The van der Waals surface area contributed by atoms with Gasteiger partial charge in [0.2, 0.25) is 0 Å². The molecule has 20 heavy (non-hydrogen) atoms. The van der Waals surface area contributed by atoms with Gasteiger partial charge in [0, 0.05) is 19.8 Å². The van der Waals surface area contributed by atoms with Crippen LogP contribution in [0.5, 0.6) is 0 Å². The van der Waals surface area contributed by atoms with Gasteiger partial charge in [-0.3, -0.25) is 0 Å². The van der Waals surface area contributed by atoms with E-state index in [1.54, 1.807) is 0 Å². The van der Waals surface area contributed by atoms with E-state index in [0.717, 1.165) is 37.4 Å². The van der Waals surface area contributed by atoms with Crippen molar-refractivity contribution >= 4 is 0 Å². The Kier molecular flexibility index (Phi) is 4.14. The lowest BCUT2D eigenvalue weighted by atomic mass is 10.0. The van der Waals surface area contributed by atoms with Gasteiger partial charge >= 0.3 is 0 Å². The summed E-state index contributed by atoms with van der Waals surface area (Å²) in [7, 11) is 0.